The minimum absolute atomic E-state index is 0.0756. The third-order valence-corrected chi connectivity index (χ3v) is 4.79. The van der Waals surface area contributed by atoms with Gasteiger partial charge < -0.3 is 4.74 Å². The molecule has 0 bridgehead atoms. The minimum Gasteiger partial charge on any atom is -0.494 e. The molecule has 2 aromatic carbocycles. The van der Waals surface area contributed by atoms with Crippen LogP contribution >= 0.6 is 0 Å². The Morgan fingerprint density at radius 2 is 1.78 bits per heavy atom. The summed E-state index contributed by atoms with van der Waals surface area (Å²) in [6, 6.07) is 8.46. The van der Waals surface area contributed by atoms with Gasteiger partial charge in [-0.05, 0) is 43.2 Å². The van der Waals surface area contributed by atoms with Gasteiger partial charge in [0.05, 0.1) is 28.7 Å². The molecule has 1 N–H and O–H groups in total. The molecule has 0 saturated carbocycles. The van der Waals surface area contributed by atoms with Gasteiger partial charge in [-0.15, -0.1) is 0 Å². The normalized spacial score (nSPS) is 11.1. The monoisotopic (exact) mass is 336 g/mol. The van der Waals surface area contributed by atoms with Crippen LogP contribution in [0, 0.1) is 24.0 Å². The maximum atomic E-state index is 12.5. The number of methoxy groups -OCH3 is 1. The van der Waals surface area contributed by atoms with Crippen LogP contribution in [0.25, 0.3) is 0 Å². The molecule has 0 saturated heterocycles. The lowest BCUT2D eigenvalue weighted by Gasteiger charge is -2.12. The summed E-state index contributed by atoms with van der Waals surface area (Å²) in [5, 5.41) is 10.8. The third kappa shape index (κ3) is 3.59. The van der Waals surface area contributed by atoms with E-state index in [1.54, 1.807) is 12.1 Å². The van der Waals surface area contributed by atoms with E-state index in [1.807, 2.05) is 13.8 Å². The summed E-state index contributed by atoms with van der Waals surface area (Å²) in [5.41, 5.74) is 1.78. The lowest BCUT2D eigenvalue weighted by Crippen LogP contribution is -2.14. The van der Waals surface area contributed by atoms with Crippen molar-refractivity contribution in [3.63, 3.8) is 0 Å². The number of benzene rings is 2. The number of hydrogen-bond donors (Lipinski definition) is 1. The van der Waals surface area contributed by atoms with Gasteiger partial charge in [-0.25, -0.2) is 8.42 Å². The average molecular weight is 336 g/mol. The Bertz CT molecular complexity index is 862. The van der Waals surface area contributed by atoms with Crippen molar-refractivity contribution in [1.82, 2.24) is 0 Å². The van der Waals surface area contributed by atoms with Gasteiger partial charge in [0.15, 0.2) is 0 Å². The zero-order valence-corrected chi connectivity index (χ0v) is 13.7. The molecule has 0 aliphatic carbocycles. The van der Waals surface area contributed by atoms with Gasteiger partial charge in [-0.1, -0.05) is 6.07 Å². The highest BCUT2D eigenvalue weighted by Gasteiger charge is 2.19. The van der Waals surface area contributed by atoms with E-state index in [9.17, 15) is 18.5 Å². The molecule has 122 valence electrons. The predicted molar refractivity (Wildman–Crippen MR) is 86.4 cm³/mol. The molecule has 0 fully saturated rings. The van der Waals surface area contributed by atoms with Crippen molar-refractivity contribution in [2.45, 2.75) is 18.7 Å². The predicted octanol–water partition coefficient (Wildman–Crippen LogP) is 3.02. The molecule has 8 heteroatoms. The molecule has 0 aliphatic rings. The second kappa shape index (κ2) is 6.25. The Morgan fingerprint density at radius 1 is 1.09 bits per heavy atom. The van der Waals surface area contributed by atoms with Gasteiger partial charge in [-0.3, -0.25) is 14.8 Å². The highest BCUT2D eigenvalue weighted by molar-refractivity contribution is 7.92. The first kappa shape index (κ1) is 16.8. The van der Waals surface area contributed by atoms with Crippen LogP contribution in [0.5, 0.6) is 5.75 Å². The summed E-state index contributed by atoms with van der Waals surface area (Å²) in [5.74, 6) is 0.0756. The zero-order valence-electron chi connectivity index (χ0n) is 12.9. The SMILES string of the molecule is COc1cc([N+](=O)[O-])ccc1NS(=O)(=O)c1ccc(C)c(C)c1. The fourth-order valence-corrected chi connectivity index (χ4v) is 3.12. The number of nitro groups is 1. The largest absolute Gasteiger partial charge is 0.494 e. The number of nitrogens with one attached hydrogen (secondary N) is 1. The van der Waals surface area contributed by atoms with Crippen LogP contribution in [0.15, 0.2) is 41.3 Å². The molecule has 2 rings (SSSR count). The summed E-state index contributed by atoms with van der Waals surface area (Å²) >= 11 is 0. The number of nitro benzene ring substituents is 1. The lowest BCUT2D eigenvalue weighted by molar-refractivity contribution is -0.384. The number of non-ortho nitro benzene ring substituents is 1. The number of anilines is 1. The number of rotatable bonds is 5. The first-order valence-electron chi connectivity index (χ1n) is 6.67. The highest BCUT2D eigenvalue weighted by atomic mass is 32.2. The van der Waals surface area contributed by atoms with Crippen molar-refractivity contribution in [3.05, 3.63) is 57.6 Å². The van der Waals surface area contributed by atoms with Gasteiger partial charge in [0.1, 0.15) is 5.75 Å². The van der Waals surface area contributed by atoms with E-state index in [0.29, 0.717) is 0 Å². The molecule has 0 radical (unpaired) electrons. The van der Waals surface area contributed by atoms with E-state index in [2.05, 4.69) is 4.72 Å². The van der Waals surface area contributed by atoms with Crippen molar-refractivity contribution in [2.75, 3.05) is 11.8 Å². The molecule has 7 nitrogen and oxygen atoms in total. The molecule has 0 unspecified atom stereocenters. The lowest BCUT2D eigenvalue weighted by atomic mass is 10.1. The Morgan fingerprint density at radius 3 is 2.35 bits per heavy atom. The first-order chi connectivity index (χ1) is 10.7. The number of nitrogens with zero attached hydrogens (tertiary/aromatic N) is 1. The zero-order chi connectivity index (χ0) is 17.2. The second-order valence-corrected chi connectivity index (χ2v) is 6.68. The van der Waals surface area contributed by atoms with Crippen molar-refractivity contribution < 1.29 is 18.1 Å². The van der Waals surface area contributed by atoms with Gasteiger partial charge in [-0.2, -0.15) is 0 Å². The van der Waals surface area contributed by atoms with Crippen LogP contribution in [0.4, 0.5) is 11.4 Å². The van der Waals surface area contributed by atoms with Crippen LogP contribution in [0.1, 0.15) is 11.1 Å². The molecule has 2 aromatic rings. The quantitative estimate of drug-likeness (QED) is 0.668. The summed E-state index contributed by atoms with van der Waals surface area (Å²) in [4.78, 5) is 10.3. The molecular formula is C15H16N2O5S. The van der Waals surface area contributed by atoms with Crippen molar-refractivity contribution in [2.24, 2.45) is 0 Å². The highest BCUT2D eigenvalue weighted by Crippen LogP contribution is 2.31. The summed E-state index contributed by atoms with van der Waals surface area (Å²) in [6.45, 7) is 3.71. The van der Waals surface area contributed by atoms with E-state index in [-0.39, 0.29) is 22.0 Å². The fourth-order valence-electron chi connectivity index (χ4n) is 1.96. The number of hydrogen-bond acceptors (Lipinski definition) is 5. The maximum absolute atomic E-state index is 12.5. The number of sulfonamides is 1. The molecule has 23 heavy (non-hydrogen) atoms. The van der Waals surface area contributed by atoms with Crippen LogP contribution in [-0.4, -0.2) is 20.5 Å². The van der Waals surface area contributed by atoms with E-state index in [4.69, 9.17) is 4.74 Å². The first-order valence-corrected chi connectivity index (χ1v) is 8.15. The molecule has 0 spiro atoms. The Balaban J connectivity index is 2.40. The van der Waals surface area contributed by atoms with Crippen molar-refractivity contribution in [3.8, 4) is 5.75 Å². The van der Waals surface area contributed by atoms with Crippen molar-refractivity contribution >= 4 is 21.4 Å². The number of aryl methyl sites for hydroxylation is 2. The smallest absolute Gasteiger partial charge is 0.273 e. The Hall–Kier alpha value is -2.61. The van der Waals surface area contributed by atoms with E-state index in [0.717, 1.165) is 17.2 Å². The van der Waals surface area contributed by atoms with Crippen LogP contribution < -0.4 is 9.46 Å². The van der Waals surface area contributed by atoms with E-state index >= 15 is 0 Å². The van der Waals surface area contributed by atoms with E-state index in [1.165, 1.54) is 25.3 Å². The molecule has 0 heterocycles. The molecule has 0 aromatic heterocycles. The van der Waals surface area contributed by atoms with Gasteiger partial charge in [0, 0.05) is 6.07 Å². The Labute approximate surface area is 134 Å². The molecule has 0 atom stereocenters. The molecular weight excluding hydrogens is 320 g/mol. The van der Waals surface area contributed by atoms with Crippen LogP contribution in [-0.2, 0) is 10.0 Å². The minimum atomic E-state index is -3.82. The second-order valence-electron chi connectivity index (χ2n) is 4.99. The van der Waals surface area contributed by atoms with Gasteiger partial charge in [0.25, 0.3) is 15.7 Å². The summed E-state index contributed by atoms with van der Waals surface area (Å²) in [7, 11) is -2.51. The third-order valence-electron chi connectivity index (χ3n) is 3.43. The average Bonchev–Trinajstić information content (AvgIpc) is 2.49. The van der Waals surface area contributed by atoms with E-state index < -0.39 is 14.9 Å². The number of ether oxygens (including phenoxy) is 1. The molecule has 0 aliphatic heterocycles. The summed E-state index contributed by atoms with van der Waals surface area (Å²) < 4.78 is 32.3. The summed E-state index contributed by atoms with van der Waals surface area (Å²) in [6.07, 6.45) is 0. The standard InChI is InChI=1S/C15H16N2O5S/c1-10-4-6-13(8-11(10)2)23(20,21)16-14-7-5-12(17(18)19)9-15(14)22-3/h4-9,16H,1-3H3. The topological polar surface area (TPSA) is 98.5 Å². The van der Waals surface area contributed by atoms with Gasteiger partial charge in [0.2, 0.25) is 0 Å². The fraction of sp³-hybridized carbons (Fsp3) is 0.200. The maximum Gasteiger partial charge on any atom is 0.273 e. The van der Waals surface area contributed by atoms with Crippen LogP contribution in [0.3, 0.4) is 0 Å². The van der Waals surface area contributed by atoms with Crippen LogP contribution in [0.2, 0.25) is 0 Å². The van der Waals surface area contributed by atoms with Crippen molar-refractivity contribution in [1.29, 1.82) is 0 Å². The molecule has 0 amide bonds. The van der Waals surface area contributed by atoms with Gasteiger partial charge >= 0.3 is 0 Å². The Kier molecular flexibility index (Phi) is 4.55.